The molecular formula is C10H18N4O. The zero-order chi connectivity index (χ0) is 10.8. The van der Waals surface area contributed by atoms with Gasteiger partial charge in [0.2, 0.25) is 0 Å². The molecule has 0 amide bonds. The van der Waals surface area contributed by atoms with E-state index >= 15 is 0 Å². The summed E-state index contributed by atoms with van der Waals surface area (Å²) in [6.07, 6.45) is 0.711. The monoisotopic (exact) mass is 210 g/mol. The van der Waals surface area contributed by atoms with E-state index < -0.39 is 0 Å². The smallest absolute Gasteiger partial charge is 0.147 e. The summed E-state index contributed by atoms with van der Waals surface area (Å²) in [5.74, 6) is 1.97. The second kappa shape index (κ2) is 4.28. The number of aliphatic hydroxyl groups excluding tert-OH is 1. The Morgan fingerprint density at radius 2 is 2.27 bits per heavy atom. The number of aliphatic hydroxyl groups is 1. The van der Waals surface area contributed by atoms with E-state index in [2.05, 4.69) is 26.6 Å². The molecule has 2 rings (SSSR count). The van der Waals surface area contributed by atoms with Gasteiger partial charge in [-0.05, 0) is 20.3 Å². The summed E-state index contributed by atoms with van der Waals surface area (Å²) in [4.78, 5) is 2.22. The molecule has 1 saturated heterocycles. The number of likely N-dealkylation sites (tertiary alicyclic amines) is 1. The number of rotatable bonds is 3. The molecule has 1 N–H and O–H groups in total. The lowest BCUT2D eigenvalue weighted by Crippen LogP contribution is -2.23. The van der Waals surface area contributed by atoms with Crippen LogP contribution in [0.1, 0.15) is 25.0 Å². The number of aromatic nitrogens is 3. The number of hydrogen-bond acceptors (Lipinski definition) is 4. The Morgan fingerprint density at radius 3 is 2.87 bits per heavy atom. The van der Waals surface area contributed by atoms with Gasteiger partial charge in [0.25, 0.3) is 0 Å². The average molecular weight is 210 g/mol. The largest absolute Gasteiger partial charge is 0.392 e. The van der Waals surface area contributed by atoms with Crippen molar-refractivity contribution in [2.75, 3.05) is 13.1 Å². The fourth-order valence-corrected chi connectivity index (χ4v) is 2.11. The summed E-state index contributed by atoms with van der Waals surface area (Å²) in [6.45, 7) is 7.49. The van der Waals surface area contributed by atoms with E-state index in [1.807, 2.05) is 6.92 Å². The fraction of sp³-hybridized carbons (Fsp3) is 0.800. The van der Waals surface area contributed by atoms with Crippen LogP contribution in [0.2, 0.25) is 0 Å². The predicted molar refractivity (Wildman–Crippen MR) is 56.3 cm³/mol. The van der Waals surface area contributed by atoms with Crippen molar-refractivity contribution < 1.29 is 5.11 Å². The van der Waals surface area contributed by atoms with Gasteiger partial charge in [-0.3, -0.25) is 4.90 Å². The number of β-amino-alcohol motifs (C(OH)–C–C–N with tert-alkyl or cyclic N) is 1. The molecule has 5 nitrogen and oxygen atoms in total. The van der Waals surface area contributed by atoms with Gasteiger partial charge in [-0.25, -0.2) is 0 Å². The van der Waals surface area contributed by atoms with Gasteiger partial charge in [0.1, 0.15) is 11.6 Å². The lowest BCUT2D eigenvalue weighted by Gasteiger charge is -2.14. The highest BCUT2D eigenvalue weighted by molar-refractivity contribution is 4.94. The topological polar surface area (TPSA) is 54.2 Å². The van der Waals surface area contributed by atoms with Crippen LogP contribution in [0.3, 0.4) is 0 Å². The summed E-state index contributed by atoms with van der Waals surface area (Å²) in [5.41, 5.74) is 0. The SMILES string of the molecule is CCn1c(C)nnc1CN1CC[C@@H](O)C1. The van der Waals surface area contributed by atoms with Gasteiger partial charge in [0.05, 0.1) is 12.6 Å². The highest BCUT2D eigenvalue weighted by Gasteiger charge is 2.21. The molecule has 5 heteroatoms. The van der Waals surface area contributed by atoms with Crippen molar-refractivity contribution in [2.45, 2.75) is 39.5 Å². The van der Waals surface area contributed by atoms with Gasteiger partial charge in [0.15, 0.2) is 0 Å². The maximum Gasteiger partial charge on any atom is 0.147 e. The zero-order valence-electron chi connectivity index (χ0n) is 9.35. The second-order valence-electron chi connectivity index (χ2n) is 4.09. The fourth-order valence-electron chi connectivity index (χ4n) is 2.11. The zero-order valence-corrected chi connectivity index (χ0v) is 9.35. The standard InChI is InChI=1S/C10H18N4O/c1-3-14-8(2)11-12-10(14)7-13-5-4-9(15)6-13/h9,15H,3-7H2,1-2H3/t9-/m1/s1. The number of nitrogens with zero attached hydrogens (tertiary/aromatic N) is 4. The van der Waals surface area contributed by atoms with Crippen molar-refractivity contribution in [1.29, 1.82) is 0 Å². The molecule has 15 heavy (non-hydrogen) atoms. The van der Waals surface area contributed by atoms with Gasteiger partial charge in [-0.15, -0.1) is 10.2 Å². The third-order valence-corrected chi connectivity index (χ3v) is 2.94. The van der Waals surface area contributed by atoms with Gasteiger partial charge in [0, 0.05) is 19.6 Å². The molecule has 1 aromatic rings. The van der Waals surface area contributed by atoms with E-state index in [0.29, 0.717) is 0 Å². The third-order valence-electron chi connectivity index (χ3n) is 2.94. The van der Waals surface area contributed by atoms with Crippen molar-refractivity contribution in [1.82, 2.24) is 19.7 Å². The van der Waals surface area contributed by atoms with E-state index in [9.17, 15) is 5.11 Å². The van der Waals surface area contributed by atoms with Gasteiger partial charge in [-0.2, -0.15) is 0 Å². The number of hydrogen-bond donors (Lipinski definition) is 1. The molecule has 0 aromatic carbocycles. The van der Waals surface area contributed by atoms with Crippen LogP contribution in [0, 0.1) is 6.92 Å². The molecule has 1 aliphatic heterocycles. The van der Waals surface area contributed by atoms with Gasteiger partial charge in [-0.1, -0.05) is 0 Å². The van der Waals surface area contributed by atoms with Crippen LogP contribution in [-0.4, -0.2) is 44.0 Å². The summed E-state index contributed by atoms with van der Waals surface area (Å²) in [5, 5.41) is 17.7. The van der Waals surface area contributed by atoms with Crippen LogP contribution < -0.4 is 0 Å². The molecule has 0 saturated carbocycles. The Morgan fingerprint density at radius 1 is 1.47 bits per heavy atom. The Hall–Kier alpha value is -0.940. The van der Waals surface area contributed by atoms with Crippen molar-refractivity contribution in [2.24, 2.45) is 0 Å². The van der Waals surface area contributed by atoms with Crippen molar-refractivity contribution in [3.63, 3.8) is 0 Å². The lowest BCUT2D eigenvalue weighted by atomic mass is 10.3. The summed E-state index contributed by atoms with van der Waals surface area (Å²) in [7, 11) is 0. The molecular weight excluding hydrogens is 192 g/mol. The molecule has 1 fully saturated rings. The Bertz CT molecular complexity index is 336. The van der Waals surface area contributed by atoms with E-state index in [0.717, 1.165) is 44.2 Å². The van der Waals surface area contributed by atoms with Crippen LogP contribution in [0.15, 0.2) is 0 Å². The van der Waals surface area contributed by atoms with Crippen LogP contribution in [0.4, 0.5) is 0 Å². The lowest BCUT2D eigenvalue weighted by molar-refractivity contribution is 0.173. The average Bonchev–Trinajstić information content (AvgIpc) is 2.75. The van der Waals surface area contributed by atoms with E-state index in [4.69, 9.17) is 0 Å². The maximum atomic E-state index is 9.42. The first-order valence-electron chi connectivity index (χ1n) is 5.49. The van der Waals surface area contributed by atoms with Crippen LogP contribution >= 0.6 is 0 Å². The molecule has 0 unspecified atom stereocenters. The number of aryl methyl sites for hydroxylation is 1. The normalized spacial score (nSPS) is 22.5. The molecule has 0 spiro atoms. The van der Waals surface area contributed by atoms with E-state index in [1.165, 1.54) is 0 Å². The first-order chi connectivity index (χ1) is 7.20. The molecule has 0 bridgehead atoms. The highest BCUT2D eigenvalue weighted by Crippen LogP contribution is 2.12. The first-order valence-corrected chi connectivity index (χ1v) is 5.49. The minimum atomic E-state index is -0.163. The van der Waals surface area contributed by atoms with E-state index in [1.54, 1.807) is 0 Å². The van der Waals surface area contributed by atoms with Gasteiger partial charge < -0.3 is 9.67 Å². The molecule has 2 heterocycles. The molecule has 1 aliphatic rings. The molecule has 1 aromatic heterocycles. The van der Waals surface area contributed by atoms with Crippen LogP contribution in [0.5, 0.6) is 0 Å². The van der Waals surface area contributed by atoms with Crippen LogP contribution in [-0.2, 0) is 13.1 Å². The quantitative estimate of drug-likeness (QED) is 0.773. The Labute approximate surface area is 89.7 Å². The summed E-state index contributed by atoms with van der Waals surface area (Å²) < 4.78 is 2.12. The molecule has 1 atom stereocenters. The minimum absolute atomic E-state index is 0.163. The molecule has 84 valence electrons. The van der Waals surface area contributed by atoms with Gasteiger partial charge >= 0.3 is 0 Å². The maximum absolute atomic E-state index is 9.42. The van der Waals surface area contributed by atoms with Crippen molar-refractivity contribution in [3.05, 3.63) is 11.6 Å². The third kappa shape index (κ3) is 2.18. The Kier molecular flexibility index (Phi) is 3.02. The van der Waals surface area contributed by atoms with Crippen molar-refractivity contribution in [3.8, 4) is 0 Å². The first kappa shape index (κ1) is 10.6. The van der Waals surface area contributed by atoms with Crippen molar-refractivity contribution >= 4 is 0 Å². The summed E-state index contributed by atoms with van der Waals surface area (Å²) in [6, 6.07) is 0. The molecule has 0 radical (unpaired) electrons. The Balaban J connectivity index is 2.04. The second-order valence-corrected chi connectivity index (χ2v) is 4.09. The molecule has 0 aliphatic carbocycles. The highest BCUT2D eigenvalue weighted by atomic mass is 16.3. The van der Waals surface area contributed by atoms with Crippen LogP contribution in [0.25, 0.3) is 0 Å². The predicted octanol–water partition coefficient (Wildman–Crippen LogP) is 0.173. The minimum Gasteiger partial charge on any atom is -0.392 e. The van der Waals surface area contributed by atoms with E-state index in [-0.39, 0.29) is 6.10 Å². The summed E-state index contributed by atoms with van der Waals surface area (Å²) >= 11 is 0.